The lowest BCUT2D eigenvalue weighted by molar-refractivity contribution is 0.0376. The van der Waals surface area contributed by atoms with Crippen molar-refractivity contribution < 1.29 is 17.5 Å². The Labute approximate surface area is 160 Å². The number of halogens is 1. The minimum atomic E-state index is -3.58. The molecule has 0 amide bonds. The van der Waals surface area contributed by atoms with E-state index in [-0.39, 0.29) is 10.7 Å². The normalized spacial score (nSPS) is 15.8. The Hall–Kier alpha value is -1.80. The van der Waals surface area contributed by atoms with Crippen LogP contribution in [0, 0.1) is 12.7 Å². The highest BCUT2D eigenvalue weighted by Gasteiger charge is 2.16. The third-order valence-corrected chi connectivity index (χ3v) is 6.18. The first-order chi connectivity index (χ1) is 13.0. The lowest BCUT2D eigenvalue weighted by Crippen LogP contribution is -2.38. The van der Waals surface area contributed by atoms with Gasteiger partial charge in [-0.2, -0.15) is 0 Å². The molecular weight excluding hydrogens is 367 g/mol. The molecule has 0 unspecified atom stereocenters. The first-order valence-corrected chi connectivity index (χ1v) is 10.6. The van der Waals surface area contributed by atoms with Crippen LogP contribution < -0.4 is 4.72 Å². The number of nitrogens with one attached hydrogen (secondary N) is 1. The van der Waals surface area contributed by atoms with E-state index in [0.717, 1.165) is 44.8 Å². The van der Waals surface area contributed by atoms with Gasteiger partial charge in [-0.3, -0.25) is 4.90 Å². The molecule has 7 heteroatoms. The van der Waals surface area contributed by atoms with Crippen molar-refractivity contribution in [2.24, 2.45) is 0 Å². The second-order valence-electron chi connectivity index (χ2n) is 6.66. The number of nitrogens with zero attached hydrogens (tertiary/aromatic N) is 1. The summed E-state index contributed by atoms with van der Waals surface area (Å²) in [5, 5.41) is 0. The number of ether oxygens (including phenoxy) is 1. The van der Waals surface area contributed by atoms with Crippen molar-refractivity contribution in [2.45, 2.75) is 18.2 Å². The highest BCUT2D eigenvalue weighted by atomic mass is 32.2. The number of hydrogen-bond donors (Lipinski definition) is 1. The maximum atomic E-state index is 14.0. The Kier molecular flexibility index (Phi) is 6.59. The minimum absolute atomic E-state index is 0.200. The predicted octanol–water partition coefficient (Wildman–Crippen LogP) is 2.80. The molecule has 0 aromatic heterocycles. The number of hydrogen-bond acceptors (Lipinski definition) is 4. The van der Waals surface area contributed by atoms with E-state index >= 15 is 0 Å². The van der Waals surface area contributed by atoms with Crippen LogP contribution in [0.2, 0.25) is 0 Å². The van der Waals surface area contributed by atoms with Crippen molar-refractivity contribution in [1.29, 1.82) is 0 Å². The molecule has 1 fully saturated rings. The third kappa shape index (κ3) is 5.13. The molecule has 0 atom stereocenters. The van der Waals surface area contributed by atoms with Gasteiger partial charge in [-0.1, -0.05) is 24.3 Å². The summed E-state index contributed by atoms with van der Waals surface area (Å²) in [6, 6.07) is 11.3. The summed E-state index contributed by atoms with van der Waals surface area (Å²) in [6.07, 6.45) is 0.742. The fourth-order valence-corrected chi connectivity index (χ4v) is 4.36. The maximum Gasteiger partial charge on any atom is 0.240 e. The average molecular weight is 392 g/mol. The monoisotopic (exact) mass is 392 g/mol. The van der Waals surface area contributed by atoms with Gasteiger partial charge in [0.25, 0.3) is 0 Å². The van der Waals surface area contributed by atoms with Gasteiger partial charge >= 0.3 is 0 Å². The lowest BCUT2D eigenvalue weighted by Gasteiger charge is -2.26. The van der Waals surface area contributed by atoms with E-state index in [4.69, 9.17) is 4.74 Å². The van der Waals surface area contributed by atoms with E-state index in [1.54, 1.807) is 37.3 Å². The van der Waals surface area contributed by atoms with Crippen molar-refractivity contribution in [3.05, 3.63) is 53.8 Å². The lowest BCUT2D eigenvalue weighted by atomic mass is 10.0. The van der Waals surface area contributed by atoms with Gasteiger partial charge in [0.05, 0.1) is 18.1 Å². The van der Waals surface area contributed by atoms with Crippen molar-refractivity contribution >= 4 is 10.0 Å². The highest BCUT2D eigenvalue weighted by molar-refractivity contribution is 7.89. The second-order valence-corrected chi connectivity index (χ2v) is 8.43. The topological polar surface area (TPSA) is 58.6 Å². The molecule has 27 heavy (non-hydrogen) atoms. The summed E-state index contributed by atoms with van der Waals surface area (Å²) in [5.41, 5.74) is 1.88. The molecule has 1 aliphatic heterocycles. The standard InChI is InChI=1S/C20H25FN2O3S/c1-16-15-17(7-8-18(16)19-5-2-3-6-20(19)21)27(24,25)22-9-4-10-23-11-13-26-14-12-23/h2-3,5-8,15,22H,4,9-14H2,1H3. The van der Waals surface area contributed by atoms with Crippen LogP contribution in [-0.4, -0.2) is 52.7 Å². The van der Waals surface area contributed by atoms with Gasteiger partial charge in [0.1, 0.15) is 5.82 Å². The van der Waals surface area contributed by atoms with E-state index in [1.807, 2.05) is 0 Å². The number of morpholine rings is 1. The number of sulfonamides is 1. The van der Waals surface area contributed by atoms with E-state index in [2.05, 4.69) is 9.62 Å². The van der Waals surface area contributed by atoms with Gasteiger partial charge in [0, 0.05) is 25.2 Å². The molecule has 0 aliphatic carbocycles. The van der Waals surface area contributed by atoms with E-state index < -0.39 is 10.0 Å². The van der Waals surface area contributed by atoms with Gasteiger partial charge in [0.2, 0.25) is 10.0 Å². The summed E-state index contributed by atoms with van der Waals surface area (Å²) in [6.45, 7) is 6.27. The summed E-state index contributed by atoms with van der Waals surface area (Å²) in [4.78, 5) is 2.47. The molecule has 0 bridgehead atoms. The molecule has 1 saturated heterocycles. The summed E-state index contributed by atoms with van der Waals surface area (Å²) in [5.74, 6) is -0.322. The quantitative estimate of drug-likeness (QED) is 0.736. The van der Waals surface area contributed by atoms with E-state index in [9.17, 15) is 12.8 Å². The van der Waals surface area contributed by atoms with Crippen molar-refractivity contribution in [3.8, 4) is 11.1 Å². The van der Waals surface area contributed by atoms with Gasteiger partial charge in [-0.15, -0.1) is 0 Å². The maximum absolute atomic E-state index is 14.0. The predicted molar refractivity (Wildman–Crippen MR) is 104 cm³/mol. The molecular formula is C20H25FN2O3S. The van der Waals surface area contributed by atoms with Crippen LogP contribution in [0.1, 0.15) is 12.0 Å². The van der Waals surface area contributed by atoms with Gasteiger partial charge in [-0.25, -0.2) is 17.5 Å². The molecule has 146 valence electrons. The average Bonchev–Trinajstić information content (AvgIpc) is 2.67. The number of benzene rings is 2. The molecule has 1 heterocycles. The van der Waals surface area contributed by atoms with Gasteiger partial charge in [-0.05, 0) is 49.2 Å². The Morgan fingerprint density at radius 2 is 1.85 bits per heavy atom. The van der Waals surface area contributed by atoms with Crippen LogP contribution in [0.3, 0.4) is 0 Å². The third-order valence-electron chi connectivity index (χ3n) is 4.72. The zero-order valence-electron chi connectivity index (χ0n) is 15.4. The van der Waals surface area contributed by atoms with Crippen molar-refractivity contribution in [3.63, 3.8) is 0 Å². The molecule has 0 spiro atoms. The van der Waals surface area contributed by atoms with Crippen LogP contribution in [0.25, 0.3) is 11.1 Å². The fraction of sp³-hybridized carbons (Fsp3) is 0.400. The molecule has 1 aliphatic rings. The smallest absolute Gasteiger partial charge is 0.240 e. The Morgan fingerprint density at radius 3 is 2.56 bits per heavy atom. The van der Waals surface area contributed by atoms with Crippen LogP contribution in [-0.2, 0) is 14.8 Å². The van der Waals surface area contributed by atoms with Crippen LogP contribution in [0.4, 0.5) is 4.39 Å². The zero-order chi connectivity index (χ0) is 19.3. The Morgan fingerprint density at radius 1 is 1.11 bits per heavy atom. The van der Waals surface area contributed by atoms with Crippen molar-refractivity contribution in [1.82, 2.24) is 9.62 Å². The highest BCUT2D eigenvalue weighted by Crippen LogP contribution is 2.27. The summed E-state index contributed by atoms with van der Waals surface area (Å²) >= 11 is 0. The molecule has 0 saturated carbocycles. The molecule has 0 radical (unpaired) electrons. The van der Waals surface area contributed by atoms with Crippen LogP contribution in [0.15, 0.2) is 47.4 Å². The SMILES string of the molecule is Cc1cc(S(=O)(=O)NCCCN2CCOCC2)ccc1-c1ccccc1F. The molecule has 2 aromatic carbocycles. The Balaban J connectivity index is 1.62. The first-order valence-electron chi connectivity index (χ1n) is 9.13. The summed E-state index contributed by atoms with van der Waals surface area (Å²) in [7, 11) is -3.58. The molecule has 5 nitrogen and oxygen atoms in total. The molecule has 1 N–H and O–H groups in total. The van der Waals surface area contributed by atoms with Gasteiger partial charge < -0.3 is 4.74 Å². The zero-order valence-corrected chi connectivity index (χ0v) is 16.3. The van der Waals surface area contributed by atoms with E-state index in [1.165, 1.54) is 12.1 Å². The van der Waals surface area contributed by atoms with Crippen LogP contribution in [0.5, 0.6) is 0 Å². The largest absolute Gasteiger partial charge is 0.379 e. The van der Waals surface area contributed by atoms with Crippen molar-refractivity contribution in [2.75, 3.05) is 39.4 Å². The second kappa shape index (κ2) is 8.93. The molecule has 2 aromatic rings. The Bertz CT molecular complexity index is 881. The molecule has 3 rings (SSSR count). The first kappa shape index (κ1) is 19.9. The van der Waals surface area contributed by atoms with Crippen LogP contribution >= 0.6 is 0 Å². The van der Waals surface area contributed by atoms with Gasteiger partial charge in [0.15, 0.2) is 0 Å². The number of aryl methyl sites for hydroxylation is 1. The summed E-state index contributed by atoms with van der Waals surface area (Å²) < 4.78 is 47.0. The van der Waals surface area contributed by atoms with E-state index in [0.29, 0.717) is 17.7 Å². The minimum Gasteiger partial charge on any atom is -0.379 e. The number of rotatable bonds is 7. The fourth-order valence-electron chi connectivity index (χ4n) is 3.20.